The second-order valence-corrected chi connectivity index (χ2v) is 4.34. The van der Waals surface area contributed by atoms with Gasteiger partial charge in [0.15, 0.2) is 0 Å². The molecule has 0 atom stereocenters. The maximum absolute atomic E-state index is 10.4. The summed E-state index contributed by atoms with van der Waals surface area (Å²) in [5.41, 5.74) is 0.293. The number of aliphatic hydroxyl groups is 1. The molecule has 0 saturated carbocycles. The van der Waals surface area contributed by atoms with Crippen LogP contribution in [0.1, 0.15) is 19.4 Å². The number of nitro benzene ring substituents is 1. The largest absolute Gasteiger partial charge is 0.389 e. The van der Waals surface area contributed by atoms with Crippen molar-refractivity contribution in [1.29, 1.82) is 0 Å². The molecule has 0 unspecified atom stereocenters. The summed E-state index contributed by atoms with van der Waals surface area (Å²) in [6.07, 6.45) is 0. The van der Waals surface area contributed by atoms with Crippen LogP contribution in [0, 0.1) is 10.1 Å². The summed E-state index contributed by atoms with van der Waals surface area (Å²) in [5, 5.41) is 22.9. The van der Waals surface area contributed by atoms with E-state index in [2.05, 4.69) is 5.32 Å². The van der Waals surface area contributed by atoms with Gasteiger partial charge in [0, 0.05) is 25.2 Å². The third kappa shape index (κ3) is 4.37. The van der Waals surface area contributed by atoms with Crippen LogP contribution in [0.2, 0.25) is 0 Å². The van der Waals surface area contributed by atoms with Crippen LogP contribution in [-0.2, 0) is 6.54 Å². The van der Waals surface area contributed by atoms with Gasteiger partial charge in [-0.3, -0.25) is 10.1 Å². The molecule has 0 heterocycles. The molecule has 1 aromatic rings. The van der Waals surface area contributed by atoms with Crippen LogP contribution in [0.15, 0.2) is 24.3 Å². The van der Waals surface area contributed by atoms with Gasteiger partial charge in [-0.1, -0.05) is 12.1 Å². The molecular formula is C11H16N2O3. The van der Waals surface area contributed by atoms with E-state index in [0.29, 0.717) is 13.1 Å². The second-order valence-electron chi connectivity index (χ2n) is 4.34. The van der Waals surface area contributed by atoms with Gasteiger partial charge < -0.3 is 10.4 Å². The molecule has 0 spiro atoms. The summed E-state index contributed by atoms with van der Waals surface area (Å²) in [4.78, 5) is 9.99. The van der Waals surface area contributed by atoms with Crippen molar-refractivity contribution in [3.05, 3.63) is 39.9 Å². The van der Waals surface area contributed by atoms with Crippen molar-refractivity contribution in [2.75, 3.05) is 6.54 Å². The number of hydrogen-bond donors (Lipinski definition) is 2. The first kappa shape index (κ1) is 12.6. The number of benzene rings is 1. The number of hydrogen-bond acceptors (Lipinski definition) is 4. The Balaban J connectivity index is 2.47. The predicted molar refractivity (Wildman–Crippen MR) is 61.1 cm³/mol. The van der Waals surface area contributed by atoms with Crippen LogP contribution in [0.3, 0.4) is 0 Å². The molecule has 0 fully saturated rings. The van der Waals surface area contributed by atoms with Crippen LogP contribution in [0.25, 0.3) is 0 Å². The third-order valence-electron chi connectivity index (χ3n) is 2.03. The van der Waals surface area contributed by atoms with Crippen LogP contribution in [-0.4, -0.2) is 22.2 Å². The molecule has 0 radical (unpaired) electrons. The standard InChI is InChI=1S/C11H16N2O3/c1-11(2,14)8-12-7-9-3-5-10(6-4-9)13(15)16/h3-6,12,14H,7-8H2,1-2H3. The monoisotopic (exact) mass is 224 g/mol. The Morgan fingerprint density at radius 3 is 2.38 bits per heavy atom. The van der Waals surface area contributed by atoms with Gasteiger partial charge in [-0.25, -0.2) is 0 Å². The molecule has 0 saturated heterocycles. The molecule has 88 valence electrons. The quantitative estimate of drug-likeness (QED) is 0.586. The van der Waals surface area contributed by atoms with Crippen molar-refractivity contribution >= 4 is 5.69 Å². The zero-order chi connectivity index (χ0) is 12.2. The minimum Gasteiger partial charge on any atom is -0.389 e. The van der Waals surface area contributed by atoms with Crippen molar-refractivity contribution in [1.82, 2.24) is 5.32 Å². The fraction of sp³-hybridized carbons (Fsp3) is 0.455. The highest BCUT2D eigenvalue weighted by Gasteiger charge is 2.11. The van der Waals surface area contributed by atoms with E-state index in [1.54, 1.807) is 26.0 Å². The van der Waals surface area contributed by atoms with Crippen molar-refractivity contribution in [3.63, 3.8) is 0 Å². The molecular weight excluding hydrogens is 208 g/mol. The molecule has 0 bridgehead atoms. The van der Waals surface area contributed by atoms with E-state index in [-0.39, 0.29) is 5.69 Å². The van der Waals surface area contributed by atoms with Crippen LogP contribution >= 0.6 is 0 Å². The van der Waals surface area contributed by atoms with E-state index in [1.165, 1.54) is 12.1 Å². The highest BCUT2D eigenvalue weighted by atomic mass is 16.6. The van der Waals surface area contributed by atoms with Gasteiger partial charge in [-0.15, -0.1) is 0 Å². The Hall–Kier alpha value is -1.46. The van der Waals surface area contributed by atoms with Crippen LogP contribution < -0.4 is 5.32 Å². The normalized spacial score (nSPS) is 11.4. The maximum atomic E-state index is 10.4. The number of nitrogens with one attached hydrogen (secondary N) is 1. The fourth-order valence-corrected chi connectivity index (χ4v) is 1.25. The van der Waals surface area contributed by atoms with Crippen molar-refractivity contribution < 1.29 is 10.0 Å². The van der Waals surface area contributed by atoms with E-state index >= 15 is 0 Å². The molecule has 0 aromatic heterocycles. The minimum absolute atomic E-state index is 0.0891. The molecule has 0 aliphatic carbocycles. The third-order valence-corrected chi connectivity index (χ3v) is 2.03. The SMILES string of the molecule is CC(C)(O)CNCc1ccc([N+](=O)[O-])cc1. The zero-order valence-electron chi connectivity index (χ0n) is 9.43. The summed E-state index contributed by atoms with van der Waals surface area (Å²) >= 11 is 0. The van der Waals surface area contributed by atoms with Crippen molar-refractivity contribution in [2.24, 2.45) is 0 Å². The molecule has 5 nitrogen and oxygen atoms in total. The average Bonchev–Trinajstić information content (AvgIpc) is 2.16. The van der Waals surface area contributed by atoms with Crippen molar-refractivity contribution in [3.8, 4) is 0 Å². The number of nitro groups is 1. The Bertz CT molecular complexity index is 354. The van der Waals surface area contributed by atoms with E-state index in [0.717, 1.165) is 5.56 Å². The average molecular weight is 224 g/mol. The Labute approximate surface area is 94.3 Å². The summed E-state index contributed by atoms with van der Waals surface area (Å²) in [7, 11) is 0. The second kappa shape index (κ2) is 5.05. The van der Waals surface area contributed by atoms with E-state index in [1.807, 2.05) is 0 Å². The minimum atomic E-state index is -0.749. The highest BCUT2D eigenvalue weighted by Crippen LogP contribution is 2.11. The van der Waals surface area contributed by atoms with Crippen LogP contribution in [0.5, 0.6) is 0 Å². The summed E-state index contributed by atoms with van der Waals surface area (Å²) in [5.74, 6) is 0. The fourth-order valence-electron chi connectivity index (χ4n) is 1.25. The number of rotatable bonds is 5. The molecule has 2 N–H and O–H groups in total. The van der Waals surface area contributed by atoms with Gasteiger partial charge in [0.1, 0.15) is 0 Å². The van der Waals surface area contributed by atoms with Crippen LogP contribution in [0.4, 0.5) is 5.69 Å². The molecule has 16 heavy (non-hydrogen) atoms. The summed E-state index contributed by atoms with van der Waals surface area (Å²) in [6, 6.07) is 6.35. The molecule has 0 aliphatic rings. The lowest BCUT2D eigenvalue weighted by Crippen LogP contribution is -2.34. The predicted octanol–water partition coefficient (Wildman–Crippen LogP) is 1.46. The summed E-state index contributed by atoms with van der Waals surface area (Å²) in [6.45, 7) is 4.50. The lowest BCUT2D eigenvalue weighted by atomic mass is 10.1. The van der Waals surface area contributed by atoms with E-state index in [9.17, 15) is 15.2 Å². The lowest BCUT2D eigenvalue weighted by Gasteiger charge is -2.17. The zero-order valence-corrected chi connectivity index (χ0v) is 9.43. The van der Waals surface area contributed by atoms with Gasteiger partial charge in [-0.2, -0.15) is 0 Å². The topological polar surface area (TPSA) is 75.4 Å². The number of non-ortho nitro benzene ring substituents is 1. The highest BCUT2D eigenvalue weighted by molar-refractivity contribution is 5.32. The van der Waals surface area contributed by atoms with E-state index < -0.39 is 10.5 Å². The maximum Gasteiger partial charge on any atom is 0.269 e. The number of nitrogens with zero attached hydrogens (tertiary/aromatic N) is 1. The van der Waals surface area contributed by atoms with E-state index in [4.69, 9.17) is 0 Å². The van der Waals surface area contributed by atoms with Gasteiger partial charge in [0.2, 0.25) is 0 Å². The van der Waals surface area contributed by atoms with Gasteiger partial charge in [0.25, 0.3) is 5.69 Å². The molecule has 0 aliphatic heterocycles. The van der Waals surface area contributed by atoms with Gasteiger partial charge >= 0.3 is 0 Å². The molecule has 0 amide bonds. The first-order chi connectivity index (χ1) is 7.38. The van der Waals surface area contributed by atoms with Gasteiger partial charge in [-0.05, 0) is 19.4 Å². The van der Waals surface area contributed by atoms with Crippen molar-refractivity contribution in [2.45, 2.75) is 26.0 Å². The Kier molecular flexibility index (Phi) is 3.98. The molecule has 1 aromatic carbocycles. The smallest absolute Gasteiger partial charge is 0.269 e. The first-order valence-electron chi connectivity index (χ1n) is 5.05. The summed E-state index contributed by atoms with van der Waals surface area (Å²) < 4.78 is 0. The molecule has 1 rings (SSSR count). The molecule has 5 heteroatoms. The Morgan fingerprint density at radius 2 is 1.94 bits per heavy atom. The van der Waals surface area contributed by atoms with Gasteiger partial charge in [0.05, 0.1) is 10.5 Å². The Morgan fingerprint density at radius 1 is 1.38 bits per heavy atom. The lowest BCUT2D eigenvalue weighted by molar-refractivity contribution is -0.384. The first-order valence-corrected chi connectivity index (χ1v) is 5.05.